The zero-order valence-electron chi connectivity index (χ0n) is 28.4. The summed E-state index contributed by atoms with van der Waals surface area (Å²) in [4.78, 5) is 0. The Balaban J connectivity index is 1.52. The molecule has 0 amide bonds. The predicted octanol–water partition coefficient (Wildman–Crippen LogP) is 9.76. The van der Waals surface area contributed by atoms with Crippen LogP contribution in [0.2, 0.25) is 0 Å². The Bertz CT molecular complexity index is 1310. The van der Waals surface area contributed by atoms with E-state index in [-0.39, 0.29) is 23.0 Å². The van der Waals surface area contributed by atoms with Crippen LogP contribution in [0.25, 0.3) is 0 Å². The van der Waals surface area contributed by atoms with Gasteiger partial charge in [-0.2, -0.15) is 0 Å². The van der Waals surface area contributed by atoms with Crippen LogP contribution in [0.1, 0.15) is 94.9 Å². The molecule has 2 heterocycles. The molecule has 2 bridgehead atoms. The highest BCUT2D eigenvalue weighted by Crippen LogP contribution is 2.60. The monoisotopic (exact) mass is 584 g/mol. The molecule has 0 saturated carbocycles. The molecule has 1 aliphatic carbocycles. The lowest BCUT2D eigenvalue weighted by atomic mass is 9.61. The van der Waals surface area contributed by atoms with Crippen LogP contribution in [0.4, 0.5) is 0 Å². The minimum atomic E-state index is -0.844. The number of aliphatic hydroxyl groups is 2. The molecule has 2 N–H and O–H groups in total. The van der Waals surface area contributed by atoms with E-state index in [9.17, 15) is 10.2 Å². The summed E-state index contributed by atoms with van der Waals surface area (Å²) in [7, 11) is 0. The minimum absolute atomic E-state index is 0.00123. The minimum Gasteiger partial charge on any atom is -0.393 e. The van der Waals surface area contributed by atoms with Gasteiger partial charge < -0.3 is 14.9 Å². The molecule has 3 rings (SSSR count). The van der Waals surface area contributed by atoms with Crippen molar-refractivity contribution in [1.29, 1.82) is 0 Å². The molecule has 0 aromatic rings. The number of hydrogen-bond acceptors (Lipinski definition) is 3. The van der Waals surface area contributed by atoms with Crippen LogP contribution >= 0.6 is 0 Å². The van der Waals surface area contributed by atoms with E-state index in [0.29, 0.717) is 6.42 Å². The van der Waals surface area contributed by atoms with Gasteiger partial charge in [0, 0.05) is 11.8 Å². The zero-order chi connectivity index (χ0) is 32.1. The van der Waals surface area contributed by atoms with Gasteiger partial charge >= 0.3 is 0 Å². The van der Waals surface area contributed by atoms with Gasteiger partial charge in [-0.15, -0.1) is 0 Å². The molecule has 4 atom stereocenters. The molecule has 2 aliphatic heterocycles. The number of fused-ring (bicyclic) bond motifs is 2. The first-order valence-electron chi connectivity index (χ1n) is 15.9. The maximum atomic E-state index is 11.1. The molecule has 0 aromatic carbocycles. The number of hydrogen-bond donors (Lipinski definition) is 2. The summed E-state index contributed by atoms with van der Waals surface area (Å²) in [5.74, 6) is 0. The fourth-order valence-electron chi connectivity index (χ4n) is 7.18. The predicted molar refractivity (Wildman–Crippen MR) is 184 cm³/mol. The van der Waals surface area contributed by atoms with E-state index in [2.05, 4.69) is 147 Å². The van der Waals surface area contributed by atoms with Gasteiger partial charge in [0.05, 0.1) is 17.8 Å². The average Bonchev–Trinajstić information content (AvgIpc) is 3.28. The smallest absolute Gasteiger partial charge is 0.120 e. The Kier molecular flexibility index (Phi) is 11.3. The zero-order valence-corrected chi connectivity index (χ0v) is 28.4. The van der Waals surface area contributed by atoms with Gasteiger partial charge in [-0.1, -0.05) is 135 Å². The summed E-state index contributed by atoms with van der Waals surface area (Å²) in [6, 6.07) is 0. The van der Waals surface area contributed by atoms with Gasteiger partial charge in [0.2, 0.25) is 0 Å². The maximum absolute atomic E-state index is 11.1. The second kappa shape index (κ2) is 13.9. The van der Waals surface area contributed by atoms with Gasteiger partial charge in [-0.25, -0.2) is 0 Å². The number of ether oxygens (including phenoxy) is 1. The second-order valence-electron chi connectivity index (χ2n) is 14.6. The standard InChI is InChI=1S/C40H56O3/c1-29(17-13-19-31(3)21-22-36-33(5)25-34(41)26-37(36,6)7)15-11-12-16-30(2)18-14-20-32(4)23-24-40-38(8,9)27-35(43-40)28-39(40,10)42/h11-24,34-35,41-42H,25-28H2,1-10H3/b12-11+,17-13+,18-14+,22-21+,24-23+,29-15+,30-16+,31-19-,32-20+/t34-,35+,39-,40-/m1/s1. The lowest BCUT2D eigenvalue weighted by Gasteiger charge is -2.46. The SMILES string of the molecule is CC1=C(/C=C/C(C)=C\C=C\C(C)=C\C=C\C=C(C)\C=C\C=C(C)\C=C\[C@@]23O[C@@H](CC2(C)C)C[C@@]3(C)O)C(C)(C)C[C@H](O)C1. The summed E-state index contributed by atoms with van der Waals surface area (Å²) in [5.41, 5.74) is 5.72. The van der Waals surface area contributed by atoms with Crippen LogP contribution in [0.15, 0.2) is 119 Å². The van der Waals surface area contributed by atoms with Crippen molar-refractivity contribution in [3.8, 4) is 0 Å². The summed E-state index contributed by atoms with van der Waals surface area (Å²) in [6.07, 6.45) is 32.7. The second-order valence-corrected chi connectivity index (χ2v) is 14.6. The molecule has 0 spiro atoms. The van der Waals surface area contributed by atoms with E-state index in [4.69, 9.17) is 4.74 Å². The summed E-state index contributed by atoms with van der Waals surface area (Å²) in [5, 5.41) is 21.2. The fourth-order valence-corrected chi connectivity index (χ4v) is 7.18. The van der Waals surface area contributed by atoms with E-state index >= 15 is 0 Å². The van der Waals surface area contributed by atoms with E-state index in [0.717, 1.165) is 30.4 Å². The van der Waals surface area contributed by atoms with E-state index in [1.54, 1.807) is 0 Å². The van der Waals surface area contributed by atoms with Crippen LogP contribution in [0.5, 0.6) is 0 Å². The Hall–Kier alpha value is -2.72. The fraction of sp³-hybridized carbons (Fsp3) is 0.500. The molecular weight excluding hydrogens is 528 g/mol. The van der Waals surface area contributed by atoms with Crippen molar-refractivity contribution in [2.45, 2.75) is 118 Å². The number of rotatable bonds is 10. The third-order valence-electron chi connectivity index (χ3n) is 9.36. The first-order valence-corrected chi connectivity index (χ1v) is 15.9. The highest BCUT2D eigenvalue weighted by atomic mass is 16.5. The Morgan fingerprint density at radius 1 is 0.721 bits per heavy atom. The Labute approximate surface area is 262 Å². The average molecular weight is 585 g/mol. The van der Waals surface area contributed by atoms with Gasteiger partial charge in [0.15, 0.2) is 0 Å². The Morgan fingerprint density at radius 2 is 1.23 bits per heavy atom. The molecule has 3 nitrogen and oxygen atoms in total. The largest absolute Gasteiger partial charge is 0.393 e. The molecule has 234 valence electrons. The van der Waals surface area contributed by atoms with Crippen molar-refractivity contribution in [3.63, 3.8) is 0 Å². The molecule has 0 unspecified atom stereocenters. The van der Waals surface area contributed by atoms with Crippen molar-refractivity contribution in [2.24, 2.45) is 10.8 Å². The van der Waals surface area contributed by atoms with Crippen LogP contribution in [0, 0.1) is 10.8 Å². The van der Waals surface area contributed by atoms with Crippen molar-refractivity contribution in [2.75, 3.05) is 0 Å². The summed E-state index contributed by atoms with van der Waals surface area (Å²) < 4.78 is 6.31. The molecule has 2 fully saturated rings. The highest BCUT2D eigenvalue weighted by molar-refractivity contribution is 5.38. The van der Waals surface area contributed by atoms with E-state index < -0.39 is 11.2 Å². The molecule has 3 aliphatic rings. The van der Waals surface area contributed by atoms with Gasteiger partial charge in [0.1, 0.15) is 5.60 Å². The topological polar surface area (TPSA) is 49.7 Å². The molecule has 0 radical (unpaired) electrons. The lowest BCUT2D eigenvalue weighted by molar-refractivity contribution is -0.115. The van der Waals surface area contributed by atoms with Gasteiger partial charge in [0.25, 0.3) is 0 Å². The third-order valence-corrected chi connectivity index (χ3v) is 9.36. The van der Waals surface area contributed by atoms with Crippen LogP contribution in [0.3, 0.4) is 0 Å². The number of allylic oxidation sites excluding steroid dienone is 18. The van der Waals surface area contributed by atoms with Crippen molar-refractivity contribution in [1.82, 2.24) is 0 Å². The molecular formula is C40H56O3. The normalized spacial score (nSPS) is 32.3. The molecule has 43 heavy (non-hydrogen) atoms. The summed E-state index contributed by atoms with van der Waals surface area (Å²) >= 11 is 0. The van der Waals surface area contributed by atoms with Crippen molar-refractivity contribution >= 4 is 0 Å². The number of aliphatic hydroxyl groups excluding tert-OH is 1. The van der Waals surface area contributed by atoms with Crippen LogP contribution in [-0.4, -0.2) is 33.6 Å². The summed E-state index contributed by atoms with van der Waals surface area (Å²) in [6.45, 7) is 21.3. The van der Waals surface area contributed by atoms with Crippen molar-refractivity contribution < 1.29 is 14.9 Å². The van der Waals surface area contributed by atoms with Crippen LogP contribution in [-0.2, 0) is 4.74 Å². The lowest BCUT2D eigenvalue weighted by Crippen LogP contribution is -2.56. The van der Waals surface area contributed by atoms with Crippen molar-refractivity contribution in [3.05, 3.63) is 119 Å². The van der Waals surface area contributed by atoms with E-state index in [1.165, 1.54) is 22.3 Å². The quantitative estimate of drug-likeness (QED) is 0.251. The molecule has 3 heteroatoms. The highest BCUT2D eigenvalue weighted by Gasteiger charge is 2.67. The third kappa shape index (κ3) is 8.69. The van der Waals surface area contributed by atoms with Gasteiger partial charge in [-0.05, 0) is 77.9 Å². The molecule has 0 aromatic heterocycles. The van der Waals surface area contributed by atoms with E-state index in [1.807, 2.05) is 6.92 Å². The first-order chi connectivity index (χ1) is 20.0. The Morgan fingerprint density at radius 3 is 1.74 bits per heavy atom. The molecule has 2 saturated heterocycles. The van der Waals surface area contributed by atoms with Crippen LogP contribution < -0.4 is 0 Å². The van der Waals surface area contributed by atoms with Gasteiger partial charge in [-0.3, -0.25) is 0 Å². The first kappa shape index (κ1) is 34.8. The maximum Gasteiger partial charge on any atom is 0.120 e.